The average Bonchev–Trinajstić information content (AvgIpc) is 3.00. The fraction of sp³-hybridized carbons (Fsp3) is 0.385. The Balaban J connectivity index is 2.00. The largest absolute Gasteiger partial charge is 0.389 e. The van der Waals surface area contributed by atoms with Crippen LogP contribution in [-0.2, 0) is 14.7 Å². The van der Waals surface area contributed by atoms with Crippen LogP contribution < -0.4 is 0 Å². The number of benzene rings is 1. The van der Waals surface area contributed by atoms with Crippen molar-refractivity contribution in [2.75, 3.05) is 0 Å². The van der Waals surface area contributed by atoms with Gasteiger partial charge in [0.2, 0.25) is 9.84 Å². The first-order valence-corrected chi connectivity index (χ1v) is 7.93. The van der Waals surface area contributed by atoms with E-state index in [0.29, 0.717) is 0 Å². The third-order valence-electron chi connectivity index (χ3n) is 3.25. The van der Waals surface area contributed by atoms with Crippen molar-refractivity contribution >= 4 is 25.9 Å². The van der Waals surface area contributed by atoms with Crippen molar-refractivity contribution in [3.8, 4) is 0 Å². The van der Waals surface area contributed by atoms with Crippen LogP contribution in [0, 0.1) is 5.82 Å². The number of alkyl halides is 1. The fourth-order valence-corrected chi connectivity index (χ4v) is 3.51. The summed E-state index contributed by atoms with van der Waals surface area (Å²) in [7, 11) is -4.39. The van der Waals surface area contributed by atoms with E-state index in [0.717, 1.165) is 12.1 Å². The molecule has 118 valence electrons. The lowest BCUT2D eigenvalue weighted by atomic mass is 10.1. The van der Waals surface area contributed by atoms with E-state index in [1.807, 2.05) is 0 Å². The van der Waals surface area contributed by atoms with Gasteiger partial charge in [-0.3, -0.25) is 0 Å². The number of nitrogens with zero attached hydrogens (tertiary/aromatic N) is 2. The van der Waals surface area contributed by atoms with Gasteiger partial charge in [-0.1, -0.05) is 10.3 Å². The minimum atomic E-state index is -4.39. The highest BCUT2D eigenvalue weighted by Crippen LogP contribution is 2.35. The molecule has 1 aliphatic heterocycles. The van der Waals surface area contributed by atoms with Crippen molar-refractivity contribution in [1.82, 2.24) is 5.16 Å². The summed E-state index contributed by atoms with van der Waals surface area (Å²) in [5.74, 6) is -0.594. The number of rotatable bonds is 2. The third-order valence-corrected chi connectivity index (χ3v) is 4.89. The molecular formula is C13H12F2N2O4S. The molecule has 1 atom stereocenters. The molecule has 0 amide bonds. The Hall–Kier alpha value is -2.03. The number of hydrogen-bond acceptors (Lipinski definition) is 6. The minimum Gasteiger partial charge on any atom is -0.389 e. The summed E-state index contributed by atoms with van der Waals surface area (Å²) in [6, 6.07) is 3.29. The first kappa shape index (κ1) is 14.9. The Kier molecular flexibility index (Phi) is 3.20. The van der Waals surface area contributed by atoms with Gasteiger partial charge in [0.25, 0.3) is 5.50 Å². The summed E-state index contributed by atoms with van der Waals surface area (Å²) in [5, 5.41) is 6.58. The molecule has 0 spiro atoms. The second kappa shape index (κ2) is 4.73. The molecule has 0 saturated carbocycles. The first-order valence-electron chi connectivity index (χ1n) is 6.38. The molecule has 0 bridgehead atoms. The molecular weight excluding hydrogens is 318 g/mol. The van der Waals surface area contributed by atoms with Gasteiger partial charge in [0.05, 0.1) is 0 Å². The molecule has 2 aromatic rings. The highest BCUT2D eigenvalue weighted by Gasteiger charge is 2.42. The van der Waals surface area contributed by atoms with Gasteiger partial charge >= 0.3 is 0 Å². The maximum absolute atomic E-state index is 14.5. The number of sulfone groups is 1. The van der Waals surface area contributed by atoms with Crippen LogP contribution in [-0.4, -0.2) is 24.2 Å². The molecule has 0 aliphatic carbocycles. The Morgan fingerprint density at radius 1 is 1.36 bits per heavy atom. The van der Waals surface area contributed by atoms with Crippen LogP contribution in [0.3, 0.4) is 0 Å². The van der Waals surface area contributed by atoms with E-state index in [4.69, 9.17) is 9.36 Å². The second-order valence-corrected chi connectivity index (χ2v) is 7.56. The molecule has 0 fully saturated rings. The molecule has 1 aliphatic rings. The van der Waals surface area contributed by atoms with Crippen molar-refractivity contribution < 1.29 is 26.6 Å². The Labute approximate surface area is 124 Å². The van der Waals surface area contributed by atoms with E-state index < -0.39 is 32.5 Å². The smallest absolute Gasteiger partial charge is 0.252 e. The van der Waals surface area contributed by atoms with Crippen LogP contribution >= 0.6 is 0 Å². The number of aromatic nitrogens is 1. The van der Waals surface area contributed by atoms with Crippen LogP contribution in [0.15, 0.2) is 27.9 Å². The molecule has 0 radical (unpaired) electrons. The Morgan fingerprint density at radius 3 is 2.73 bits per heavy atom. The van der Waals surface area contributed by atoms with Crippen LogP contribution in [0.1, 0.15) is 31.5 Å². The fourth-order valence-electron chi connectivity index (χ4n) is 2.12. The lowest BCUT2D eigenvalue weighted by Gasteiger charge is -2.13. The van der Waals surface area contributed by atoms with E-state index in [9.17, 15) is 17.2 Å². The lowest BCUT2D eigenvalue weighted by Crippen LogP contribution is -2.24. The number of hydrogen-bond donors (Lipinski definition) is 0. The quantitative estimate of drug-likeness (QED) is 0.845. The van der Waals surface area contributed by atoms with Gasteiger partial charge in [0.1, 0.15) is 17.1 Å². The van der Waals surface area contributed by atoms with Gasteiger partial charge in [-0.15, -0.1) is 0 Å². The van der Waals surface area contributed by atoms with Crippen LogP contribution in [0.25, 0.3) is 11.0 Å². The topological polar surface area (TPSA) is 81.8 Å². The van der Waals surface area contributed by atoms with Gasteiger partial charge in [-0.05, 0) is 26.0 Å². The maximum atomic E-state index is 14.5. The van der Waals surface area contributed by atoms with Crippen molar-refractivity contribution in [3.63, 3.8) is 0 Å². The van der Waals surface area contributed by atoms with Crippen molar-refractivity contribution in [2.45, 2.75) is 31.4 Å². The maximum Gasteiger partial charge on any atom is 0.252 e. The molecule has 3 rings (SSSR count). The van der Waals surface area contributed by atoms with Crippen molar-refractivity contribution in [3.05, 3.63) is 29.7 Å². The van der Waals surface area contributed by atoms with Gasteiger partial charge in [0, 0.05) is 17.9 Å². The lowest BCUT2D eigenvalue weighted by molar-refractivity contribution is 0.0123. The number of halogens is 2. The van der Waals surface area contributed by atoms with Gasteiger partial charge in [0.15, 0.2) is 10.6 Å². The molecule has 22 heavy (non-hydrogen) atoms. The molecule has 1 unspecified atom stereocenters. The molecule has 2 heterocycles. The predicted molar refractivity (Wildman–Crippen MR) is 74.0 cm³/mol. The zero-order valence-corrected chi connectivity index (χ0v) is 12.5. The van der Waals surface area contributed by atoms with Crippen LogP contribution in [0.5, 0.6) is 0 Å². The zero-order valence-electron chi connectivity index (χ0n) is 11.7. The molecule has 0 N–H and O–H groups in total. The van der Waals surface area contributed by atoms with E-state index in [1.54, 1.807) is 13.8 Å². The van der Waals surface area contributed by atoms with Gasteiger partial charge < -0.3 is 9.36 Å². The van der Waals surface area contributed by atoms with Gasteiger partial charge in [-0.25, -0.2) is 17.2 Å². The monoisotopic (exact) mass is 330 g/mol. The SMILES string of the molecule is CC1(C)CC(S(=O)(=O)C(F)c2noc3cc(F)ccc23)=NO1. The normalized spacial score (nSPS) is 19.0. The van der Waals surface area contributed by atoms with Gasteiger partial charge in [-0.2, -0.15) is 0 Å². The molecule has 6 nitrogen and oxygen atoms in total. The second-order valence-electron chi connectivity index (χ2n) is 5.58. The summed E-state index contributed by atoms with van der Waals surface area (Å²) < 4.78 is 57.0. The Bertz CT molecular complexity index is 873. The first-order chi connectivity index (χ1) is 10.2. The summed E-state index contributed by atoms with van der Waals surface area (Å²) in [4.78, 5) is 4.96. The predicted octanol–water partition coefficient (Wildman–Crippen LogP) is 2.86. The highest BCUT2D eigenvalue weighted by molar-refractivity contribution is 8.06. The zero-order chi connectivity index (χ0) is 16.1. The van der Waals surface area contributed by atoms with E-state index in [1.165, 1.54) is 6.07 Å². The standard InChI is InChI=1S/C13H12F2N2O4S/c1-13(2)6-10(16-21-13)22(18,19)12(15)11-8-4-3-7(14)5-9(8)20-17-11/h3-5,12H,6H2,1-2H3. The summed E-state index contributed by atoms with van der Waals surface area (Å²) in [6.45, 7) is 3.28. The molecule has 1 aromatic carbocycles. The van der Waals surface area contributed by atoms with E-state index in [2.05, 4.69) is 10.3 Å². The summed E-state index contributed by atoms with van der Waals surface area (Å²) in [5.41, 5.74) is -3.73. The van der Waals surface area contributed by atoms with E-state index in [-0.39, 0.29) is 22.4 Å². The highest BCUT2D eigenvalue weighted by atomic mass is 32.2. The summed E-state index contributed by atoms with van der Waals surface area (Å²) in [6.07, 6.45) is -0.0415. The molecule has 0 saturated heterocycles. The van der Waals surface area contributed by atoms with Crippen LogP contribution in [0.2, 0.25) is 0 Å². The van der Waals surface area contributed by atoms with Crippen molar-refractivity contribution in [2.24, 2.45) is 5.16 Å². The minimum absolute atomic E-state index is 0.0298. The number of fused-ring (bicyclic) bond motifs is 1. The Morgan fingerprint density at radius 2 is 2.09 bits per heavy atom. The number of oxime groups is 1. The van der Waals surface area contributed by atoms with Crippen molar-refractivity contribution in [1.29, 1.82) is 0 Å². The molecule has 9 heteroatoms. The van der Waals surface area contributed by atoms with E-state index >= 15 is 0 Å². The average molecular weight is 330 g/mol. The third kappa shape index (κ3) is 2.35. The summed E-state index contributed by atoms with van der Waals surface area (Å²) >= 11 is 0. The van der Waals surface area contributed by atoms with Crippen LogP contribution in [0.4, 0.5) is 8.78 Å². The molecule has 1 aromatic heterocycles.